The number of fused-ring (bicyclic) bond motifs is 1. The third kappa shape index (κ3) is 8.48. The summed E-state index contributed by atoms with van der Waals surface area (Å²) in [6.45, 7) is 26.4. The van der Waals surface area contributed by atoms with E-state index in [1.54, 1.807) is 0 Å². The van der Waals surface area contributed by atoms with Crippen LogP contribution < -0.4 is 15.1 Å². The summed E-state index contributed by atoms with van der Waals surface area (Å²) in [6, 6.07) is 45.9. The number of nitrogens with zero attached hydrogens (tertiary/aromatic N) is 2. The van der Waals surface area contributed by atoms with Crippen LogP contribution >= 0.6 is 0 Å². The molecule has 0 amide bonds. The van der Waals surface area contributed by atoms with E-state index < -0.39 is 0 Å². The van der Waals surface area contributed by atoms with Gasteiger partial charge in [0.2, 0.25) is 0 Å². The number of hydrogen-bond donors (Lipinski definition) is 1. The van der Waals surface area contributed by atoms with E-state index in [0.717, 1.165) is 31.6 Å². The van der Waals surface area contributed by atoms with Gasteiger partial charge in [-0.3, -0.25) is 0 Å². The van der Waals surface area contributed by atoms with Gasteiger partial charge in [-0.1, -0.05) is 79.1 Å². The molecule has 0 aliphatic rings. The molecule has 0 radical (unpaired) electrons. The molecule has 0 aromatic heterocycles. The zero-order valence-electron chi connectivity index (χ0n) is 37.3. The van der Waals surface area contributed by atoms with Crippen molar-refractivity contribution in [3.05, 3.63) is 194 Å². The van der Waals surface area contributed by atoms with Gasteiger partial charge in [-0.2, -0.15) is 0 Å². The van der Waals surface area contributed by atoms with Crippen LogP contribution in [-0.4, -0.2) is 13.1 Å². The van der Waals surface area contributed by atoms with E-state index in [1.165, 1.54) is 112 Å². The second kappa shape index (κ2) is 17.5. The number of hydrogen-bond acceptors (Lipinski definition) is 3. The SMILES string of the molecule is CCCN(c1ccc([C+](c2ccc(N(CCC)c3c(C)cc(C)cc3C)cc2)c2ccc(Nc3c(C)cc(C)cc3C)c3ccccc23)cc1)c1c(C)cc(C)cc1C. The standard InChI is InChI=1S/C56H62N3/c1-12-28-58(55-41(8)32-37(4)33-42(55)9)47-22-18-45(19-23-47)53(46-20-24-48(25-21-46)59(29-13-2)56-43(10)34-38(5)35-44(56)11)51-26-27-52(50-17-15-14-16-49(50)51)57-54-39(6)30-36(3)31-40(54)7/h14-27,30-35,57H,12-13,28-29H2,1-11H3/q+1. The molecule has 0 saturated heterocycles. The normalized spacial score (nSPS) is 11.2. The van der Waals surface area contributed by atoms with Crippen molar-refractivity contribution in [2.45, 2.75) is 89.0 Å². The largest absolute Gasteiger partial charge is 0.354 e. The summed E-state index contributed by atoms with van der Waals surface area (Å²) in [4.78, 5) is 5.01. The predicted octanol–water partition coefficient (Wildman–Crippen LogP) is 15.5. The maximum atomic E-state index is 3.86. The minimum absolute atomic E-state index is 0.954. The lowest BCUT2D eigenvalue weighted by atomic mass is 9.82. The van der Waals surface area contributed by atoms with Crippen LogP contribution in [0.4, 0.5) is 34.1 Å². The molecule has 0 bridgehead atoms. The zero-order valence-corrected chi connectivity index (χ0v) is 37.3. The molecule has 59 heavy (non-hydrogen) atoms. The highest BCUT2D eigenvalue weighted by Crippen LogP contribution is 2.42. The number of rotatable bonds is 13. The Labute approximate surface area is 354 Å². The van der Waals surface area contributed by atoms with E-state index >= 15 is 0 Å². The highest BCUT2D eigenvalue weighted by molar-refractivity contribution is 6.00. The molecule has 7 aromatic rings. The molecule has 3 nitrogen and oxygen atoms in total. The minimum Gasteiger partial charge on any atom is -0.354 e. The average Bonchev–Trinajstić information content (AvgIpc) is 3.19. The highest BCUT2D eigenvalue weighted by Gasteiger charge is 2.27. The number of benzene rings is 7. The van der Waals surface area contributed by atoms with E-state index in [2.05, 4.69) is 213 Å². The van der Waals surface area contributed by atoms with Crippen LogP contribution in [0.1, 0.15) is 93.5 Å². The minimum atomic E-state index is 0.954. The van der Waals surface area contributed by atoms with Gasteiger partial charge in [-0.15, -0.1) is 0 Å². The lowest BCUT2D eigenvalue weighted by Crippen LogP contribution is -2.20. The first-order valence-corrected chi connectivity index (χ1v) is 21.5. The Morgan fingerprint density at radius 3 is 1.24 bits per heavy atom. The van der Waals surface area contributed by atoms with Gasteiger partial charge in [0, 0.05) is 40.9 Å². The first-order valence-electron chi connectivity index (χ1n) is 21.5. The summed E-state index contributed by atoms with van der Waals surface area (Å²) in [5.74, 6) is 1.23. The Kier molecular flexibility index (Phi) is 12.2. The molecule has 0 spiro atoms. The van der Waals surface area contributed by atoms with Crippen LogP contribution in [0.2, 0.25) is 0 Å². The third-order valence-electron chi connectivity index (χ3n) is 11.8. The van der Waals surface area contributed by atoms with Crippen LogP contribution in [-0.2, 0) is 0 Å². The molecule has 0 heterocycles. The molecule has 0 atom stereocenters. The van der Waals surface area contributed by atoms with Crippen LogP contribution in [0, 0.1) is 68.2 Å². The smallest absolute Gasteiger partial charge is 0.0638 e. The first kappa shape index (κ1) is 41.2. The van der Waals surface area contributed by atoms with Crippen molar-refractivity contribution in [2.75, 3.05) is 28.2 Å². The second-order valence-electron chi connectivity index (χ2n) is 16.9. The van der Waals surface area contributed by atoms with E-state index in [4.69, 9.17) is 0 Å². The summed E-state index contributed by atoms with van der Waals surface area (Å²) in [6.07, 6.45) is 2.12. The van der Waals surface area contributed by atoms with Gasteiger partial charge in [0.05, 0.1) is 39.7 Å². The Morgan fingerprint density at radius 2 is 0.831 bits per heavy atom. The highest BCUT2D eigenvalue weighted by atomic mass is 15.1. The molecule has 0 saturated carbocycles. The molecule has 300 valence electrons. The van der Waals surface area contributed by atoms with Gasteiger partial charge < -0.3 is 15.1 Å². The molecule has 0 fully saturated rings. The van der Waals surface area contributed by atoms with Crippen LogP contribution in [0.5, 0.6) is 0 Å². The van der Waals surface area contributed by atoms with Crippen LogP contribution in [0.15, 0.2) is 121 Å². The van der Waals surface area contributed by atoms with Crippen molar-refractivity contribution in [1.29, 1.82) is 0 Å². The Hall–Kier alpha value is -5.93. The van der Waals surface area contributed by atoms with Crippen LogP contribution in [0.25, 0.3) is 10.8 Å². The van der Waals surface area contributed by atoms with Gasteiger partial charge in [0.15, 0.2) is 0 Å². The molecule has 0 aliphatic carbocycles. The quantitative estimate of drug-likeness (QED) is 0.0929. The molecular formula is C56H62N3+. The monoisotopic (exact) mass is 776 g/mol. The van der Waals surface area contributed by atoms with Crippen molar-refractivity contribution in [1.82, 2.24) is 0 Å². The first-order chi connectivity index (χ1) is 28.4. The third-order valence-corrected chi connectivity index (χ3v) is 11.8. The summed E-state index contributed by atoms with van der Waals surface area (Å²) >= 11 is 0. The molecule has 0 unspecified atom stereocenters. The summed E-state index contributed by atoms with van der Waals surface area (Å²) in [5, 5.41) is 6.28. The van der Waals surface area contributed by atoms with Crippen LogP contribution in [0.3, 0.4) is 0 Å². The van der Waals surface area contributed by atoms with Gasteiger partial charge in [0.1, 0.15) is 0 Å². The molecule has 0 aliphatic heterocycles. The average molecular weight is 777 g/mol. The van der Waals surface area contributed by atoms with Crippen molar-refractivity contribution < 1.29 is 0 Å². The molecule has 1 N–H and O–H groups in total. The van der Waals surface area contributed by atoms with Gasteiger partial charge in [-0.25, -0.2) is 0 Å². The predicted molar refractivity (Wildman–Crippen MR) is 257 cm³/mol. The molecular weight excluding hydrogens is 715 g/mol. The Bertz CT molecular complexity index is 2420. The lowest BCUT2D eigenvalue weighted by molar-refractivity contribution is 0.878. The van der Waals surface area contributed by atoms with Crippen molar-refractivity contribution in [3.63, 3.8) is 0 Å². The summed E-state index contributed by atoms with van der Waals surface area (Å²) in [5.41, 5.74) is 22.6. The number of anilines is 6. The van der Waals surface area contributed by atoms with E-state index in [0.29, 0.717) is 0 Å². The molecule has 7 aromatic carbocycles. The van der Waals surface area contributed by atoms with Crippen molar-refractivity contribution >= 4 is 44.9 Å². The number of nitrogens with one attached hydrogen (secondary N) is 1. The molecule has 3 heteroatoms. The van der Waals surface area contributed by atoms with Gasteiger partial charge in [0.25, 0.3) is 0 Å². The van der Waals surface area contributed by atoms with E-state index in [1.807, 2.05) is 0 Å². The zero-order chi connectivity index (χ0) is 42.0. The fourth-order valence-corrected chi connectivity index (χ4v) is 9.62. The fraction of sp³-hybridized carbons (Fsp3) is 0.268. The number of aryl methyl sites for hydroxylation is 9. The lowest BCUT2D eigenvalue weighted by Gasteiger charge is -2.29. The Balaban J connectivity index is 1.36. The second-order valence-corrected chi connectivity index (χ2v) is 16.9. The van der Waals surface area contributed by atoms with Gasteiger partial charge >= 0.3 is 0 Å². The topological polar surface area (TPSA) is 18.5 Å². The molecule has 7 rings (SSSR count). The van der Waals surface area contributed by atoms with E-state index in [9.17, 15) is 0 Å². The summed E-state index contributed by atoms with van der Waals surface area (Å²) < 4.78 is 0. The van der Waals surface area contributed by atoms with Crippen molar-refractivity contribution in [2.24, 2.45) is 0 Å². The maximum absolute atomic E-state index is 3.86. The van der Waals surface area contributed by atoms with E-state index in [-0.39, 0.29) is 0 Å². The summed E-state index contributed by atoms with van der Waals surface area (Å²) in [7, 11) is 0. The Morgan fingerprint density at radius 1 is 0.441 bits per heavy atom. The fourth-order valence-electron chi connectivity index (χ4n) is 9.62. The maximum Gasteiger partial charge on any atom is 0.0638 e. The van der Waals surface area contributed by atoms with Gasteiger partial charge in [-0.05, 0) is 181 Å². The van der Waals surface area contributed by atoms with Crippen molar-refractivity contribution in [3.8, 4) is 0 Å².